The molecule has 1 N–H and O–H groups in total. The van der Waals surface area contributed by atoms with E-state index in [2.05, 4.69) is 5.10 Å². The maximum absolute atomic E-state index is 13.6. The topological polar surface area (TPSA) is 97.4 Å². The van der Waals surface area contributed by atoms with E-state index in [4.69, 9.17) is 0 Å². The highest BCUT2D eigenvalue weighted by Gasteiger charge is 2.23. The normalized spacial score (nSPS) is 10.9. The van der Waals surface area contributed by atoms with Crippen LogP contribution in [-0.4, -0.2) is 38.3 Å². The van der Waals surface area contributed by atoms with Crippen molar-refractivity contribution in [1.82, 2.24) is 14.3 Å². The van der Waals surface area contributed by atoms with Crippen LogP contribution in [0.2, 0.25) is 0 Å². The molecule has 0 fully saturated rings. The lowest BCUT2D eigenvalue weighted by Crippen LogP contribution is -2.37. The van der Waals surface area contributed by atoms with E-state index in [0.29, 0.717) is 27.7 Å². The van der Waals surface area contributed by atoms with Gasteiger partial charge in [-0.2, -0.15) is 5.10 Å². The van der Waals surface area contributed by atoms with Gasteiger partial charge in [0.05, 0.1) is 17.8 Å². The number of aromatic nitrogens is 3. The number of rotatable bonds is 5. The van der Waals surface area contributed by atoms with E-state index in [1.54, 1.807) is 103 Å². The Labute approximate surface area is 206 Å². The number of benzene rings is 3. The Kier molecular flexibility index (Phi) is 6.02. The summed E-state index contributed by atoms with van der Waals surface area (Å²) in [4.78, 5) is 41.9. The minimum Gasteiger partial charge on any atom is -0.392 e. The third-order valence-corrected chi connectivity index (χ3v) is 6.04. The quantitative estimate of drug-likeness (QED) is 0.416. The molecule has 0 bridgehead atoms. The fourth-order valence-electron chi connectivity index (χ4n) is 4.05. The van der Waals surface area contributed by atoms with Crippen LogP contribution in [0.5, 0.6) is 0 Å². The second-order valence-electron chi connectivity index (χ2n) is 8.25. The van der Waals surface area contributed by atoms with Crippen molar-refractivity contribution in [3.05, 3.63) is 124 Å². The van der Waals surface area contributed by atoms with Gasteiger partial charge in [0.25, 0.3) is 17.4 Å². The number of hydrogen-bond donors (Lipinski definition) is 1. The second-order valence-corrected chi connectivity index (χ2v) is 8.25. The predicted octanol–water partition coefficient (Wildman–Crippen LogP) is 3.64. The molecule has 0 aliphatic rings. The summed E-state index contributed by atoms with van der Waals surface area (Å²) >= 11 is 0. The number of pyridine rings is 1. The molecule has 2 aromatic heterocycles. The predicted molar refractivity (Wildman–Crippen MR) is 137 cm³/mol. The van der Waals surface area contributed by atoms with Crippen LogP contribution in [0.1, 0.15) is 26.3 Å². The maximum atomic E-state index is 13.6. The van der Waals surface area contributed by atoms with Crippen LogP contribution in [0.25, 0.3) is 16.6 Å². The molecular formula is C28H22N4O4. The highest BCUT2D eigenvalue weighted by atomic mass is 16.3. The van der Waals surface area contributed by atoms with E-state index < -0.39 is 17.4 Å². The van der Waals surface area contributed by atoms with Gasteiger partial charge in [0.15, 0.2) is 0 Å². The molecule has 8 heteroatoms. The average Bonchev–Trinajstić information content (AvgIpc) is 3.47. The van der Waals surface area contributed by atoms with Gasteiger partial charge in [0, 0.05) is 30.7 Å². The van der Waals surface area contributed by atoms with Gasteiger partial charge in [0.1, 0.15) is 5.56 Å². The lowest BCUT2D eigenvalue weighted by Gasteiger charge is -2.19. The molecule has 0 saturated heterocycles. The molecule has 2 heterocycles. The fraction of sp³-hybridized carbons (Fsp3) is 0.0714. The van der Waals surface area contributed by atoms with Gasteiger partial charge >= 0.3 is 0 Å². The Morgan fingerprint density at radius 1 is 0.944 bits per heavy atom. The minimum atomic E-state index is -0.696. The molecule has 5 aromatic rings. The Morgan fingerprint density at radius 2 is 1.67 bits per heavy atom. The number of aliphatic hydroxyl groups excluding tert-OH is 1. The summed E-state index contributed by atoms with van der Waals surface area (Å²) in [5, 5.41) is 14.0. The summed E-state index contributed by atoms with van der Waals surface area (Å²) in [6.45, 7) is -0.113. The van der Waals surface area contributed by atoms with Gasteiger partial charge in [0.2, 0.25) is 0 Å². The smallest absolute Gasteiger partial charge is 0.270 e. The number of fused-ring (bicyclic) bond motifs is 1. The van der Waals surface area contributed by atoms with Crippen LogP contribution in [0, 0.1) is 0 Å². The van der Waals surface area contributed by atoms with E-state index in [1.807, 2.05) is 0 Å². The largest absolute Gasteiger partial charge is 0.392 e. The third kappa shape index (κ3) is 4.10. The molecule has 5 rings (SSSR count). The Morgan fingerprint density at radius 3 is 2.33 bits per heavy atom. The Hall–Kier alpha value is -4.82. The number of anilines is 1. The zero-order valence-corrected chi connectivity index (χ0v) is 19.4. The van der Waals surface area contributed by atoms with E-state index in [-0.39, 0.29) is 12.2 Å². The van der Waals surface area contributed by atoms with Gasteiger partial charge in [-0.25, -0.2) is 9.25 Å². The molecule has 0 aliphatic heterocycles. The lowest BCUT2D eigenvalue weighted by atomic mass is 10.1. The number of aliphatic hydroxyl groups is 1. The molecule has 178 valence electrons. The minimum absolute atomic E-state index is 0.113. The summed E-state index contributed by atoms with van der Waals surface area (Å²) in [5.41, 5.74) is 1.92. The van der Waals surface area contributed by atoms with Gasteiger partial charge in [-0.3, -0.25) is 14.4 Å². The van der Waals surface area contributed by atoms with Crippen LogP contribution in [-0.2, 0) is 6.61 Å². The van der Waals surface area contributed by atoms with E-state index in [9.17, 15) is 19.5 Å². The summed E-state index contributed by atoms with van der Waals surface area (Å²) in [6, 6.07) is 23.8. The molecule has 0 radical (unpaired) electrons. The van der Waals surface area contributed by atoms with E-state index in [1.165, 1.54) is 11.0 Å². The van der Waals surface area contributed by atoms with E-state index >= 15 is 0 Å². The van der Waals surface area contributed by atoms with Crippen LogP contribution in [0.3, 0.4) is 0 Å². The highest BCUT2D eigenvalue weighted by Crippen LogP contribution is 2.20. The molecule has 8 nitrogen and oxygen atoms in total. The monoisotopic (exact) mass is 478 g/mol. The molecule has 0 unspecified atom stereocenters. The van der Waals surface area contributed by atoms with Crippen molar-refractivity contribution in [3.63, 3.8) is 0 Å². The second kappa shape index (κ2) is 9.44. The fourth-order valence-corrected chi connectivity index (χ4v) is 4.05. The molecule has 36 heavy (non-hydrogen) atoms. The lowest BCUT2D eigenvalue weighted by molar-refractivity contribution is 0.0960. The number of amides is 1. The van der Waals surface area contributed by atoms with Crippen molar-refractivity contribution >= 4 is 28.4 Å². The molecule has 1 amide bonds. The van der Waals surface area contributed by atoms with Crippen LogP contribution in [0.4, 0.5) is 5.69 Å². The highest BCUT2D eigenvalue weighted by molar-refractivity contribution is 6.09. The van der Waals surface area contributed by atoms with Gasteiger partial charge in [-0.05, 0) is 65.5 Å². The number of carbonyl (C=O) groups is 2. The molecule has 0 spiro atoms. The molecular weight excluding hydrogens is 456 g/mol. The van der Waals surface area contributed by atoms with Gasteiger partial charge in [-0.15, -0.1) is 0 Å². The van der Waals surface area contributed by atoms with Crippen molar-refractivity contribution in [2.24, 2.45) is 0 Å². The molecule has 0 atom stereocenters. The van der Waals surface area contributed by atoms with Crippen molar-refractivity contribution in [2.45, 2.75) is 6.61 Å². The van der Waals surface area contributed by atoms with Crippen LogP contribution >= 0.6 is 0 Å². The van der Waals surface area contributed by atoms with Gasteiger partial charge < -0.3 is 10.0 Å². The van der Waals surface area contributed by atoms with Crippen molar-refractivity contribution in [2.75, 3.05) is 11.9 Å². The zero-order chi connectivity index (χ0) is 25.2. The number of carbonyl (C=O) groups excluding carboxylic acids is 2. The SMILES string of the molecule is CN(C(=O)c1cc2ccccc2n(C(=O)c2ccc(-n3cccn3)cc2)c1=O)c1ccc(CO)cc1. The number of hydrogen-bond acceptors (Lipinski definition) is 5. The molecule has 0 saturated carbocycles. The molecule has 3 aromatic carbocycles. The van der Waals surface area contributed by atoms with Crippen molar-refractivity contribution in [1.29, 1.82) is 0 Å². The maximum Gasteiger partial charge on any atom is 0.270 e. The first-order valence-corrected chi connectivity index (χ1v) is 11.3. The number of nitrogens with zero attached hydrogens (tertiary/aromatic N) is 4. The average molecular weight is 479 g/mol. The van der Waals surface area contributed by atoms with Crippen LogP contribution < -0.4 is 10.5 Å². The van der Waals surface area contributed by atoms with Crippen molar-refractivity contribution < 1.29 is 14.7 Å². The van der Waals surface area contributed by atoms with Crippen molar-refractivity contribution in [3.8, 4) is 5.69 Å². The Balaban J connectivity index is 1.57. The summed E-state index contributed by atoms with van der Waals surface area (Å²) in [6.07, 6.45) is 3.45. The first-order chi connectivity index (χ1) is 17.5. The summed E-state index contributed by atoms with van der Waals surface area (Å²) in [7, 11) is 1.56. The number of para-hydroxylation sites is 1. The van der Waals surface area contributed by atoms with Gasteiger partial charge in [-0.1, -0.05) is 30.3 Å². The zero-order valence-electron chi connectivity index (χ0n) is 19.4. The van der Waals surface area contributed by atoms with Crippen LogP contribution in [0.15, 0.2) is 102 Å². The Bertz CT molecular complexity index is 1620. The summed E-state index contributed by atoms with van der Waals surface area (Å²) in [5.74, 6) is -1.08. The third-order valence-electron chi connectivity index (χ3n) is 6.04. The first-order valence-electron chi connectivity index (χ1n) is 11.3. The molecule has 0 aliphatic carbocycles. The summed E-state index contributed by atoms with van der Waals surface area (Å²) < 4.78 is 2.71. The standard InChI is InChI=1S/C28H22N4O4/c1-30(22-11-7-19(18-33)8-12-22)27(35)24-17-21-5-2-3-6-25(21)32(28(24)36)26(34)20-9-13-23(14-10-20)31-16-4-15-29-31/h2-17,33H,18H2,1H3. The van der Waals surface area contributed by atoms with E-state index in [0.717, 1.165) is 10.3 Å². The first kappa shape index (κ1) is 22.9.